The van der Waals surface area contributed by atoms with Crippen molar-refractivity contribution in [2.45, 2.75) is 33.1 Å². The van der Waals surface area contributed by atoms with Gasteiger partial charge in [-0.2, -0.15) is 0 Å². The summed E-state index contributed by atoms with van der Waals surface area (Å²) < 4.78 is 19.0. The Balaban J connectivity index is 2.25. The molecule has 0 bridgehead atoms. The summed E-state index contributed by atoms with van der Waals surface area (Å²) in [6.07, 6.45) is 3.55. The molecule has 4 heteroatoms. The van der Waals surface area contributed by atoms with Crippen LogP contribution in [-0.2, 0) is 0 Å². The number of halogens is 1. The predicted molar refractivity (Wildman–Crippen MR) is 77.2 cm³/mol. The van der Waals surface area contributed by atoms with Crippen LogP contribution in [0.1, 0.15) is 33.1 Å². The lowest BCUT2D eigenvalue weighted by Gasteiger charge is -2.25. The van der Waals surface area contributed by atoms with Crippen molar-refractivity contribution in [3.05, 3.63) is 17.9 Å². The number of nitrogens with two attached hydrogens (primary N) is 1. The average molecular weight is 266 g/mol. The highest BCUT2D eigenvalue weighted by atomic mass is 19.1. The summed E-state index contributed by atoms with van der Waals surface area (Å²) in [6, 6.07) is 3.11. The maximum Gasteiger partial charge on any atom is 0.167 e. The zero-order chi connectivity index (χ0) is 13.8. The predicted octanol–water partition coefficient (Wildman–Crippen LogP) is 3.43. The molecule has 1 unspecified atom stereocenters. The molecule has 1 heterocycles. The molecule has 1 saturated heterocycles. The van der Waals surface area contributed by atoms with Crippen molar-refractivity contribution < 1.29 is 9.13 Å². The van der Waals surface area contributed by atoms with Gasteiger partial charge in [0.15, 0.2) is 11.6 Å². The highest BCUT2D eigenvalue weighted by Gasteiger charge is 2.18. The molecule has 0 radical (unpaired) electrons. The van der Waals surface area contributed by atoms with Crippen LogP contribution in [0.15, 0.2) is 12.1 Å². The van der Waals surface area contributed by atoms with Crippen LogP contribution < -0.4 is 15.4 Å². The zero-order valence-corrected chi connectivity index (χ0v) is 11.8. The summed E-state index contributed by atoms with van der Waals surface area (Å²) in [5, 5.41) is 0. The highest BCUT2D eigenvalue weighted by molar-refractivity contribution is 5.70. The number of benzene rings is 1. The maximum atomic E-state index is 13.7. The molecule has 2 N–H and O–H groups in total. The molecule has 1 atom stereocenters. The lowest BCUT2D eigenvalue weighted by Crippen LogP contribution is -2.25. The van der Waals surface area contributed by atoms with E-state index in [9.17, 15) is 4.39 Å². The van der Waals surface area contributed by atoms with Gasteiger partial charge in [-0.05, 0) is 32.1 Å². The largest absolute Gasteiger partial charge is 0.491 e. The smallest absolute Gasteiger partial charge is 0.167 e. The molecule has 1 aliphatic rings. The Labute approximate surface area is 114 Å². The van der Waals surface area contributed by atoms with Crippen molar-refractivity contribution in [2.24, 2.45) is 5.92 Å². The molecular formula is C15H23FN2O. The number of nitrogen functional groups attached to an aromatic ring is 1. The molecule has 0 amide bonds. The summed E-state index contributed by atoms with van der Waals surface area (Å²) in [6.45, 7) is 6.54. The fraction of sp³-hybridized carbons (Fsp3) is 0.600. The van der Waals surface area contributed by atoms with Crippen LogP contribution in [-0.4, -0.2) is 19.7 Å². The van der Waals surface area contributed by atoms with E-state index in [4.69, 9.17) is 10.5 Å². The first kappa shape index (κ1) is 14.0. The number of nitrogens with zero attached hydrogens (tertiary/aromatic N) is 1. The fourth-order valence-electron chi connectivity index (χ4n) is 2.60. The summed E-state index contributed by atoms with van der Waals surface area (Å²) in [5.74, 6) is 0.660. The van der Waals surface area contributed by atoms with Gasteiger partial charge in [0.1, 0.15) is 0 Å². The lowest BCUT2D eigenvalue weighted by atomic mass is 10.0. The molecule has 0 spiro atoms. The third kappa shape index (κ3) is 3.31. The SMILES string of the molecule is CCOc1cc(N2CCCC(C)CC2)c(N)cc1F. The van der Waals surface area contributed by atoms with E-state index in [2.05, 4.69) is 11.8 Å². The number of ether oxygens (including phenoxy) is 1. The van der Waals surface area contributed by atoms with Crippen molar-refractivity contribution in [3.8, 4) is 5.75 Å². The van der Waals surface area contributed by atoms with Gasteiger partial charge >= 0.3 is 0 Å². The third-order valence-electron chi connectivity index (χ3n) is 3.74. The molecule has 19 heavy (non-hydrogen) atoms. The number of hydrogen-bond acceptors (Lipinski definition) is 3. The van der Waals surface area contributed by atoms with Crippen LogP contribution in [0.4, 0.5) is 15.8 Å². The quantitative estimate of drug-likeness (QED) is 0.852. The summed E-state index contributed by atoms with van der Waals surface area (Å²) in [7, 11) is 0. The minimum Gasteiger partial charge on any atom is -0.491 e. The minimum atomic E-state index is -0.383. The van der Waals surface area contributed by atoms with Gasteiger partial charge in [-0.25, -0.2) is 4.39 Å². The average Bonchev–Trinajstić information content (AvgIpc) is 2.58. The van der Waals surface area contributed by atoms with E-state index in [0.717, 1.165) is 37.5 Å². The van der Waals surface area contributed by atoms with E-state index in [-0.39, 0.29) is 5.82 Å². The van der Waals surface area contributed by atoms with Crippen molar-refractivity contribution >= 4 is 11.4 Å². The van der Waals surface area contributed by atoms with Gasteiger partial charge in [-0.1, -0.05) is 6.92 Å². The topological polar surface area (TPSA) is 38.5 Å². The maximum absolute atomic E-state index is 13.7. The van der Waals surface area contributed by atoms with Crippen molar-refractivity contribution in [2.75, 3.05) is 30.3 Å². The van der Waals surface area contributed by atoms with Gasteiger partial charge in [0.2, 0.25) is 0 Å². The Morgan fingerprint density at radius 1 is 1.37 bits per heavy atom. The molecule has 0 saturated carbocycles. The Bertz CT molecular complexity index is 436. The number of rotatable bonds is 3. The molecule has 0 aromatic heterocycles. The summed E-state index contributed by atoms with van der Waals surface area (Å²) >= 11 is 0. The molecule has 1 aliphatic heterocycles. The molecule has 0 aliphatic carbocycles. The first-order valence-corrected chi connectivity index (χ1v) is 7.08. The van der Waals surface area contributed by atoms with Crippen molar-refractivity contribution in [1.82, 2.24) is 0 Å². The van der Waals surface area contributed by atoms with E-state index in [1.165, 1.54) is 12.5 Å². The number of hydrogen-bond donors (Lipinski definition) is 1. The molecule has 3 nitrogen and oxygen atoms in total. The van der Waals surface area contributed by atoms with Gasteiger partial charge in [0, 0.05) is 25.2 Å². The summed E-state index contributed by atoms with van der Waals surface area (Å²) in [5.41, 5.74) is 7.36. The molecule has 1 fully saturated rings. The van der Waals surface area contributed by atoms with E-state index < -0.39 is 0 Å². The van der Waals surface area contributed by atoms with Gasteiger partial charge in [0.25, 0.3) is 0 Å². The summed E-state index contributed by atoms with van der Waals surface area (Å²) in [4.78, 5) is 2.25. The fourth-order valence-corrected chi connectivity index (χ4v) is 2.60. The van der Waals surface area contributed by atoms with Crippen molar-refractivity contribution in [1.29, 1.82) is 0 Å². The molecule has 1 aromatic rings. The van der Waals surface area contributed by atoms with Crippen LogP contribution in [0.3, 0.4) is 0 Å². The first-order chi connectivity index (χ1) is 9.11. The van der Waals surface area contributed by atoms with Crippen LogP contribution in [0.25, 0.3) is 0 Å². The second kappa shape index (κ2) is 6.13. The third-order valence-corrected chi connectivity index (χ3v) is 3.74. The Hall–Kier alpha value is -1.45. The lowest BCUT2D eigenvalue weighted by molar-refractivity contribution is 0.321. The first-order valence-electron chi connectivity index (χ1n) is 7.08. The van der Waals surface area contributed by atoms with Gasteiger partial charge in [0.05, 0.1) is 18.0 Å². The van der Waals surface area contributed by atoms with Crippen LogP contribution in [0.5, 0.6) is 5.75 Å². The minimum absolute atomic E-state index is 0.295. The van der Waals surface area contributed by atoms with E-state index in [0.29, 0.717) is 18.0 Å². The molecule has 106 valence electrons. The van der Waals surface area contributed by atoms with E-state index >= 15 is 0 Å². The van der Waals surface area contributed by atoms with Gasteiger partial charge < -0.3 is 15.4 Å². The second-order valence-electron chi connectivity index (χ2n) is 5.30. The molecule has 2 rings (SSSR count). The Morgan fingerprint density at radius 2 is 2.16 bits per heavy atom. The Kier molecular flexibility index (Phi) is 4.51. The van der Waals surface area contributed by atoms with Crippen LogP contribution in [0.2, 0.25) is 0 Å². The van der Waals surface area contributed by atoms with E-state index in [1.807, 2.05) is 6.92 Å². The standard InChI is InChI=1S/C15H23FN2O/c1-3-19-15-10-14(13(17)9-12(15)16)18-7-4-5-11(2)6-8-18/h9-11H,3-8,17H2,1-2H3. The van der Waals surface area contributed by atoms with E-state index in [1.54, 1.807) is 6.07 Å². The van der Waals surface area contributed by atoms with Gasteiger partial charge in [-0.3, -0.25) is 0 Å². The molecule has 1 aromatic carbocycles. The molecular weight excluding hydrogens is 243 g/mol. The number of anilines is 2. The monoisotopic (exact) mass is 266 g/mol. The normalized spacial score (nSPS) is 20.2. The highest BCUT2D eigenvalue weighted by Crippen LogP contribution is 2.33. The van der Waals surface area contributed by atoms with Gasteiger partial charge in [-0.15, -0.1) is 0 Å². The zero-order valence-electron chi connectivity index (χ0n) is 11.8. The van der Waals surface area contributed by atoms with Crippen LogP contribution in [0, 0.1) is 11.7 Å². The second-order valence-corrected chi connectivity index (χ2v) is 5.30. The Morgan fingerprint density at radius 3 is 2.89 bits per heavy atom. The van der Waals surface area contributed by atoms with Crippen molar-refractivity contribution in [3.63, 3.8) is 0 Å². The van der Waals surface area contributed by atoms with Crippen LogP contribution >= 0.6 is 0 Å².